The van der Waals surface area contributed by atoms with Gasteiger partial charge in [0.2, 0.25) is 0 Å². The molecule has 10 heteroatoms. The first-order chi connectivity index (χ1) is 15.7. The number of ether oxygens (including phenoxy) is 2. The minimum atomic E-state index is -0.877. The molecule has 1 amide bonds. The van der Waals surface area contributed by atoms with Crippen LogP contribution in [0.2, 0.25) is 10.0 Å². The van der Waals surface area contributed by atoms with Gasteiger partial charge in [-0.25, -0.2) is 0 Å². The van der Waals surface area contributed by atoms with Gasteiger partial charge in [0.25, 0.3) is 11.7 Å². The second-order valence-corrected chi connectivity index (χ2v) is 8.48. The first kappa shape index (κ1) is 24.8. The second kappa shape index (κ2) is 10.4. The van der Waals surface area contributed by atoms with Crippen molar-refractivity contribution in [2.24, 2.45) is 0 Å². The zero-order chi connectivity index (χ0) is 24.3. The number of methoxy groups -OCH3 is 2. The van der Waals surface area contributed by atoms with E-state index < -0.39 is 23.5 Å². The van der Waals surface area contributed by atoms with Crippen molar-refractivity contribution in [1.29, 1.82) is 0 Å². The number of benzene rings is 1. The number of carbonyl (C=O) groups excluding carboxylic acids is 2. The van der Waals surface area contributed by atoms with Crippen LogP contribution in [0.25, 0.3) is 5.76 Å². The fourth-order valence-electron chi connectivity index (χ4n) is 3.80. The number of amides is 1. The summed E-state index contributed by atoms with van der Waals surface area (Å²) in [6.07, 6.45) is 2.20. The quantitative estimate of drug-likeness (QED) is 0.339. The zero-order valence-electron chi connectivity index (χ0n) is 18.8. The number of aliphatic hydroxyl groups excluding tert-OH is 1. The Morgan fingerprint density at radius 3 is 2.45 bits per heavy atom. The van der Waals surface area contributed by atoms with Crippen LogP contribution in [0.5, 0.6) is 11.5 Å². The normalized spacial score (nSPS) is 17.7. The van der Waals surface area contributed by atoms with Crippen LogP contribution in [0.4, 0.5) is 0 Å². The lowest BCUT2D eigenvalue weighted by molar-refractivity contribution is -0.140. The molecule has 1 aromatic carbocycles. The molecule has 0 saturated carbocycles. The third-order valence-electron chi connectivity index (χ3n) is 5.31. The minimum absolute atomic E-state index is 0.0312. The monoisotopic (exact) mass is 493 g/mol. The lowest BCUT2D eigenvalue weighted by atomic mass is 9.97. The fourth-order valence-corrected chi connectivity index (χ4v) is 4.49. The van der Waals surface area contributed by atoms with E-state index in [0.717, 1.165) is 6.54 Å². The molecule has 1 aliphatic heterocycles. The van der Waals surface area contributed by atoms with E-state index in [0.29, 0.717) is 18.7 Å². The predicted octanol–water partition coefficient (Wildman–Crippen LogP) is 3.78. The van der Waals surface area contributed by atoms with Gasteiger partial charge >= 0.3 is 0 Å². The van der Waals surface area contributed by atoms with Crippen molar-refractivity contribution in [1.82, 2.24) is 14.8 Å². The standard InChI is InChI=1S/C23H25Cl2N3O5/c1-27(2)10-7-11-28-18(15-8-5-6-9-26-15)16(20(30)23(28)31)19(29)13-12-14(24)22(33-4)17(25)21(13)32-3/h5-6,8-9,12,18,29H,7,10-11H2,1-4H3/b19-16+. The summed E-state index contributed by atoms with van der Waals surface area (Å²) in [6.45, 7) is 1.03. The number of rotatable bonds is 8. The van der Waals surface area contributed by atoms with Crippen LogP contribution >= 0.6 is 23.2 Å². The summed E-state index contributed by atoms with van der Waals surface area (Å²) in [5, 5.41) is 11.4. The van der Waals surface area contributed by atoms with Gasteiger partial charge in [0.05, 0.1) is 36.1 Å². The van der Waals surface area contributed by atoms with Crippen LogP contribution in [0, 0.1) is 0 Å². The third-order valence-corrected chi connectivity index (χ3v) is 5.93. The molecular formula is C23H25Cl2N3O5. The van der Waals surface area contributed by atoms with Gasteiger partial charge < -0.3 is 24.4 Å². The minimum Gasteiger partial charge on any atom is -0.507 e. The number of nitrogens with zero attached hydrogens (tertiary/aromatic N) is 3. The number of halogens is 2. The maximum absolute atomic E-state index is 13.1. The Morgan fingerprint density at radius 2 is 1.88 bits per heavy atom. The van der Waals surface area contributed by atoms with E-state index in [1.165, 1.54) is 25.2 Å². The third kappa shape index (κ3) is 4.78. The Bertz CT molecular complexity index is 1090. The zero-order valence-corrected chi connectivity index (χ0v) is 20.3. The molecule has 0 aliphatic carbocycles. The van der Waals surface area contributed by atoms with Crippen molar-refractivity contribution >= 4 is 40.7 Å². The lowest BCUT2D eigenvalue weighted by Gasteiger charge is -2.25. The van der Waals surface area contributed by atoms with Gasteiger partial charge in [-0.2, -0.15) is 0 Å². The van der Waals surface area contributed by atoms with E-state index >= 15 is 0 Å². The highest BCUT2D eigenvalue weighted by atomic mass is 35.5. The van der Waals surface area contributed by atoms with Crippen molar-refractivity contribution in [3.05, 3.63) is 57.3 Å². The van der Waals surface area contributed by atoms with E-state index in [-0.39, 0.29) is 32.7 Å². The van der Waals surface area contributed by atoms with Gasteiger partial charge in [-0.15, -0.1) is 0 Å². The van der Waals surface area contributed by atoms with E-state index in [4.69, 9.17) is 32.7 Å². The van der Waals surface area contributed by atoms with Crippen molar-refractivity contribution in [2.45, 2.75) is 12.5 Å². The number of hydrogen-bond acceptors (Lipinski definition) is 7. The van der Waals surface area contributed by atoms with E-state index in [9.17, 15) is 14.7 Å². The van der Waals surface area contributed by atoms with Gasteiger partial charge in [0, 0.05) is 12.7 Å². The summed E-state index contributed by atoms with van der Waals surface area (Å²) in [5.74, 6) is -1.76. The van der Waals surface area contributed by atoms with Gasteiger partial charge in [0.1, 0.15) is 16.8 Å². The van der Waals surface area contributed by atoms with Crippen LogP contribution in [-0.4, -0.2) is 73.0 Å². The van der Waals surface area contributed by atoms with Crippen molar-refractivity contribution in [3.63, 3.8) is 0 Å². The maximum atomic E-state index is 13.1. The van der Waals surface area contributed by atoms with E-state index in [1.807, 2.05) is 19.0 Å². The van der Waals surface area contributed by atoms with Crippen LogP contribution in [0.3, 0.4) is 0 Å². The van der Waals surface area contributed by atoms with E-state index in [1.54, 1.807) is 24.4 Å². The maximum Gasteiger partial charge on any atom is 0.295 e. The number of aromatic nitrogens is 1. The molecule has 1 saturated heterocycles. The molecule has 1 atom stereocenters. The SMILES string of the molecule is COc1c(Cl)cc(/C(O)=C2\C(=O)C(=O)N(CCCN(C)C)C2c2ccccn2)c(OC)c1Cl. The predicted molar refractivity (Wildman–Crippen MR) is 126 cm³/mol. The Balaban J connectivity index is 2.20. The number of pyridine rings is 1. The molecule has 1 aliphatic rings. The summed E-state index contributed by atoms with van der Waals surface area (Å²) in [7, 11) is 6.61. The molecule has 3 rings (SSSR count). The second-order valence-electron chi connectivity index (χ2n) is 7.69. The van der Waals surface area contributed by atoms with Crippen molar-refractivity contribution in [2.75, 3.05) is 41.4 Å². The highest BCUT2D eigenvalue weighted by molar-refractivity contribution is 6.47. The molecule has 0 radical (unpaired) electrons. The van der Waals surface area contributed by atoms with Crippen molar-refractivity contribution < 1.29 is 24.2 Å². The van der Waals surface area contributed by atoms with Gasteiger partial charge in [-0.1, -0.05) is 29.3 Å². The molecule has 33 heavy (non-hydrogen) atoms. The summed E-state index contributed by atoms with van der Waals surface area (Å²) >= 11 is 12.6. The average Bonchev–Trinajstić information content (AvgIpc) is 3.04. The first-order valence-corrected chi connectivity index (χ1v) is 10.9. The van der Waals surface area contributed by atoms with Gasteiger partial charge in [-0.05, 0) is 45.3 Å². The Kier molecular flexibility index (Phi) is 7.84. The molecule has 8 nitrogen and oxygen atoms in total. The number of ketones is 1. The summed E-state index contributed by atoms with van der Waals surface area (Å²) in [4.78, 5) is 33.9. The molecule has 0 bridgehead atoms. The summed E-state index contributed by atoms with van der Waals surface area (Å²) < 4.78 is 10.6. The lowest BCUT2D eigenvalue weighted by Crippen LogP contribution is -2.32. The van der Waals surface area contributed by atoms with Crippen LogP contribution in [-0.2, 0) is 9.59 Å². The summed E-state index contributed by atoms with van der Waals surface area (Å²) in [6, 6.07) is 5.69. The molecule has 1 N–H and O–H groups in total. The highest BCUT2D eigenvalue weighted by Gasteiger charge is 2.47. The van der Waals surface area contributed by atoms with E-state index in [2.05, 4.69) is 4.98 Å². The number of hydrogen-bond donors (Lipinski definition) is 1. The van der Waals surface area contributed by atoms with Crippen LogP contribution in [0.1, 0.15) is 23.7 Å². The number of aliphatic hydroxyl groups is 1. The smallest absolute Gasteiger partial charge is 0.295 e. The number of likely N-dealkylation sites (tertiary alicyclic amines) is 1. The molecule has 1 aromatic heterocycles. The largest absolute Gasteiger partial charge is 0.507 e. The topological polar surface area (TPSA) is 92.2 Å². The molecule has 0 spiro atoms. The molecule has 1 unspecified atom stereocenters. The molecule has 1 fully saturated rings. The molecule has 176 valence electrons. The molecule has 2 aromatic rings. The molecule has 2 heterocycles. The number of Topliss-reactive ketones (excluding diaryl/α,β-unsaturated/α-hetero) is 1. The van der Waals surface area contributed by atoms with Gasteiger partial charge in [-0.3, -0.25) is 14.6 Å². The first-order valence-electron chi connectivity index (χ1n) is 10.2. The van der Waals surface area contributed by atoms with Crippen LogP contribution in [0.15, 0.2) is 36.0 Å². The summed E-state index contributed by atoms with van der Waals surface area (Å²) in [5.41, 5.74) is 0.410. The Hall–Kier alpha value is -2.81. The average molecular weight is 494 g/mol. The molecular weight excluding hydrogens is 469 g/mol. The number of carbonyl (C=O) groups is 2. The highest BCUT2D eigenvalue weighted by Crippen LogP contribution is 2.47. The van der Waals surface area contributed by atoms with Gasteiger partial charge in [0.15, 0.2) is 11.5 Å². The Labute approximate surface area is 202 Å². The Morgan fingerprint density at radius 1 is 1.18 bits per heavy atom. The van der Waals surface area contributed by atoms with Crippen LogP contribution < -0.4 is 9.47 Å². The van der Waals surface area contributed by atoms with Crippen molar-refractivity contribution in [3.8, 4) is 11.5 Å². The fraction of sp³-hybridized carbons (Fsp3) is 0.348.